The van der Waals surface area contributed by atoms with Crippen LogP contribution in [-0.2, 0) is 17.8 Å². The Morgan fingerprint density at radius 3 is 2.60 bits per heavy atom. The Balaban J connectivity index is 1.69. The molecule has 2 N–H and O–H groups in total. The van der Waals surface area contributed by atoms with Gasteiger partial charge in [0, 0.05) is 36.5 Å². The van der Waals surface area contributed by atoms with Crippen LogP contribution in [0, 0.1) is 5.82 Å². The molecule has 2 aromatic heterocycles. The number of pyridine rings is 1. The molecule has 0 saturated carbocycles. The van der Waals surface area contributed by atoms with Crippen molar-refractivity contribution in [1.82, 2.24) is 20.5 Å². The van der Waals surface area contributed by atoms with Crippen LogP contribution in [0.1, 0.15) is 32.9 Å². The number of carbonyl (C=O) groups is 2. The van der Waals surface area contributed by atoms with E-state index in [0.29, 0.717) is 35.4 Å². The van der Waals surface area contributed by atoms with Gasteiger partial charge in [-0.05, 0) is 41.5 Å². The standard InChI is InChI=1S/C21H17FN4O4/c22-15-3-1-14(2-4-15)16(11-13-5-8-23-9-6-13)21(28)26-10-7-18-17(12-26)19(25-30-18)20(27)24-29/h1-6,8-9,11,29H,7,10,12H2,(H,24,27)/b16-11+. The van der Waals surface area contributed by atoms with Crippen LogP contribution in [0.3, 0.4) is 0 Å². The summed E-state index contributed by atoms with van der Waals surface area (Å²) >= 11 is 0. The van der Waals surface area contributed by atoms with Crippen LogP contribution in [0.25, 0.3) is 11.6 Å². The second-order valence-electron chi connectivity index (χ2n) is 6.70. The summed E-state index contributed by atoms with van der Waals surface area (Å²) in [5.41, 5.74) is 3.61. The summed E-state index contributed by atoms with van der Waals surface area (Å²) in [4.78, 5) is 30.8. The van der Waals surface area contributed by atoms with Crippen molar-refractivity contribution in [1.29, 1.82) is 0 Å². The summed E-state index contributed by atoms with van der Waals surface area (Å²) in [6, 6.07) is 9.19. The first-order valence-corrected chi connectivity index (χ1v) is 9.15. The van der Waals surface area contributed by atoms with Gasteiger partial charge in [0.25, 0.3) is 11.8 Å². The monoisotopic (exact) mass is 408 g/mol. The van der Waals surface area contributed by atoms with E-state index >= 15 is 0 Å². The number of aromatic nitrogens is 2. The minimum Gasteiger partial charge on any atom is -0.360 e. The smallest absolute Gasteiger partial charge is 0.297 e. The molecule has 3 aromatic rings. The maximum atomic E-state index is 13.4. The molecule has 0 fully saturated rings. The number of hydroxylamine groups is 1. The number of carbonyl (C=O) groups excluding carboxylic acids is 2. The molecule has 8 nitrogen and oxygen atoms in total. The molecule has 3 heterocycles. The SMILES string of the molecule is O=C(NO)c1noc2c1CN(C(=O)/C(=C/c1ccncc1)c1ccc(F)cc1)CC2. The van der Waals surface area contributed by atoms with Crippen molar-refractivity contribution in [2.24, 2.45) is 0 Å². The summed E-state index contributed by atoms with van der Waals surface area (Å²) < 4.78 is 18.6. The lowest BCUT2D eigenvalue weighted by Crippen LogP contribution is -2.37. The van der Waals surface area contributed by atoms with Gasteiger partial charge in [0.15, 0.2) is 5.69 Å². The van der Waals surface area contributed by atoms with Gasteiger partial charge in [0.2, 0.25) is 0 Å². The second kappa shape index (κ2) is 8.26. The van der Waals surface area contributed by atoms with Crippen molar-refractivity contribution in [3.63, 3.8) is 0 Å². The molecule has 2 amide bonds. The fourth-order valence-electron chi connectivity index (χ4n) is 3.31. The highest BCUT2D eigenvalue weighted by Crippen LogP contribution is 2.27. The van der Waals surface area contributed by atoms with Crippen LogP contribution in [0.5, 0.6) is 0 Å². The van der Waals surface area contributed by atoms with Crippen LogP contribution in [0.2, 0.25) is 0 Å². The van der Waals surface area contributed by atoms with Crippen LogP contribution < -0.4 is 5.48 Å². The first-order chi connectivity index (χ1) is 14.6. The van der Waals surface area contributed by atoms with Gasteiger partial charge in [-0.2, -0.15) is 0 Å². The quantitative estimate of drug-likeness (QED) is 0.390. The van der Waals surface area contributed by atoms with E-state index in [9.17, 15) is 14.0 Å². The molecule has 0 atom stereocenters. The van der Waals surface area contributed by atoms with Crippen LogP contribution in [0.4, 0.5) is 4.39 Å². The van der Waals surface area contributed by atoms with Crippen LogP contribution in [-0.4, -0.2) is 38.6 Å². The number of amides is 2. The average molecular weight is 408 g/mol. The maximum absolute atomic E-state index is 13.4. The molecular formula is C21H17FN4O4. The molecule has 0 unspecified atom stereocenters. The number of nitrogens with one attached hydrogen (secondary N) is 1. The fourth-order valence-corrected chi connectivity index (χ4v) is 3.31. The van der Waals surface area contributed by atoms with Gasteiger partial charge in [0.05, 0.1) is 6.54 Å². The fraction of sp³-hybridized carbons (Fsp3) is 0.143. The Morgan fingerprint density at radius 1 is 1.17 bits per heavy atom. The topological polar surface area (TPSA) is 109 Å². The third-order valence-electron chi connectivity index (χ3n) is 4.83. The average Bonchev–Trinajstić information content (AvgIpc) is 3.21. The summed E-state index contributed by atoms with van der Waals surface area (Å²) in [7, 11) is 0. The number of nitrogens with zero attached hydrogens (tertiary/aromatic N) is 3. The summed E-state index contributed by atoms with van der Waals surface area (Å²) in [5, 5.41) is 12.6. The lowest BCUT2D eigenvalue weighted by Gasteiger charge is -2.27. The Hall–Kier alpha value is -3.85. The van der Waals surface area contributed by atoms with Crippen LogP contribution >= 0.6 is 0 Å². The van der Waals surface area contributed by atoms with E-state index in [2.05, 4.69) is 10.1 Å². The second-order valence-corrected chi connectivity index (χ2v) is 6.70. The number of benzene rings is 1. The van der Waals surface area contributed by atoms with Crippen molar-refractivity contribution in [3.05, 3.63) is 82.8 Å². The molecule has 1 aliphatic heterocycles. The maximum Gasteiger partial charge on any atom is 0.297 e. The Labute approximate surface area is 170 Å². The highest BCUT2D eigenvalue weighted by molar-refractivity contribution is 6.24. The Kier molecular flexibility index (Phi) is 5.36. The minimum atomic E-state index is -0.805. The molecule has 0 radical (unpaired) electrons. The van der Waals surface area contributed by atoms with Gasteiger partial charge < -0.3 is 9.42 Å². The van der Waals surface area contributed by atoms with Crippen molar-refractivity contribution in [2.45, 2.75) is 13.0 Å². The summed E-state index contributed by atoms with van der Waals surface area (Å²) in [6.45, 7) is 0.450. The molecule has 0 aliphatic carbocycles. The molecule has 1 aliphatic rings. The predicted octanol–water partition coefficient (Wildman–Crippen LogP) is 2.45. The van der Waals surface area contributed by atoms with Gasteiger partial charge >= 0.3 is 0 Å². The van der Waals surface area contributed by atoms with Gasteiger partial charge in [0.1, 0.15) is 11.6 Å². The first-order valence-electron chi connectivity index (χ1n) is 9.15. The number of fused-ring (bicyclic) bond motifs is 1. The van der Waals surface area contributed by atoms with Crippen molar-refractivity contribution >= 4 is 23.5 Å². The Bertz CT molecular complexity index is 1110. The third kappa shape index (κ3) is 3.83. The molecule has 4 rings (SSSR count). The zero-order valence-corrected chi connectivity index (χ0v) is 15.7. The van der Waals surface area contributed by atoms with Crippen LogP contribution in [0.15, 0.2) is 53.3 Å². The Morgan fingerprint density at radius 2 is 1.90 bits per heavy atom. The van der Waals surface area contributed by atoms with Gasteiger partial charge in [-0.3, -0.25) is 19.8 Å². The zero-order chi connectivity index (χ0) is 21.1. The molecule has 9 heteroatoms. The van der Waals surface area contributed by atoms with Gasteiger partial charge in [-0.1, -0.05) is 17.3 Å². The van der Waals surface area contributed by atoms with Crippen molar-refractivity contribution in [3.8, 4) is 0 Å². The van der Waals surface area contributed by atoms with E-state index in [1.165, 1.54) is 17.6 Å². The van der Waals surface area contributed by atoms with E-state index in [0.717, 1.165) is 5.56 Å². The highest BCUT2D eigenvalue weighted by atomic mass is 19.1. The van der Waals surface area contributed by atoms with E-state index in [4.69, 9.17) is 9.73 Å². The first kappa shape index (κ1) is 19.5. The normalized spacial score (nSPS) is 13.7. The number of hydrogen-bond acceptors (Lipinski definition) is 6. The summed E-state index contributed by atoms with van der Waals surface area (Å²) in [6.07, 6.45) is 5.31. The molecule has 152 valence electrons. The van der Waals surface area contributed by atoms with Crippen molar-refractivity contribution < 1.29 is 23.7 Å². The zero-order valence-electron chi connectivity index (χ0n) is 15.7. The molecule has 0 saturated heterocycles. The highest BCUT2D eigenvalue weighted by Gasteiger charge is 2.31. The summed E-state index contributed by atoms with van der Waals surface area (Å²) in [5.74, 6) is -0.999. The lowest BCUT2D eigenvalue weighted by molar-refractivity contribution is -0.125. The third-order valence-corrected chi connectivity index (χ3v) is 4.83. The molecule has 1 aromatic carbocycles. The molecule has 30 heavy (non-hydrogen) atoms. The van der Waals surface area contributed by atoms with Gasteiger partial charge in [-0.25, -0.2) is 9.87 Å². The number of rotatable bonds is 4. The van der Waals surface area contributed by atoms with E-state index in [1.54, 1.807) is 47.6 Å². The molecular weight excluding hydrogens is 391 g/mol. The van der Waals surface area contributed by atoms with Gasteiger partial charge in [-0.15, -0.1) is 0 Å². The predicted molar refractivity (Wildman–Crippen MR) is 103 cm³/mol. The van der Waals surface area contributed by atoms with E-state index < -0.39 is 11.7 Å². The van der Waals surface area contributed by atoms with E-state index in [1.807, 2.05) is 0 Å². The molecule has 0 spiro atoms. The minimum absolute atomic E-state index is 0.0635. The molecule has 0 bridgehead atoms. The van der Waals surface area contributed by atoms with Crippen molar-refractivity contribution in [2.75, 3.05) is 6.54 Å². The lowest BCUT2D eigenvalue weighted by atomic mass is 9.99. The number of hydrogen-bond donors (Lipinski definition) is 2. The largest absolute Gasteiger partial charge is 0.360 e. The van der Waals surface area contributed by atoms with E-state index in [-0.39, 0.29) is 18.1 Å². The number of halogens is 1.